The maximum atomic E-state index is 6.31. The SMILES string of the molecule is CN=C(NCc1nc(C)c(C)o1)N1CCN(c2ccccc2Cl)CC1.I. The Morgan fingerprint density at radius 2 is 1.92 bits per heavy atom. The van der Waals surface area contributed by atoms with Crippen molar-refractivity contribution >= 4 is 47.2 Å². The number of aryl methyl sites for hydroxylation is 2. The number of aromatic nitrogens is 1. The molecule has 0 spiro atoms. The molecule has 142 valence electrons. The lowest BCUT2D eigenvalue weighted by Crippen LogP contribution is -2.52. The van der Waals surface area contributed by atoms with E-state index < -0.39 is 0 Å². The first-order valence-corrected chi connectivity index (χ1v) is 8.84. The first-order chi connectivity index (χ1) is 12.1. The van der Waals surface area contributed by atoms with E-state index in [0.29, 0.717) is 12.4 Å². The average Bonchev–Trinajstić information content (AvgIpc) is 2.94. The normalized spacial score (nSPS) is 15.0. The summed E-state index contributed by atoms with van der Waals surface area (Å²) in [5, 5.41) is 4.14. The molecule has 0 bridgehead atoms. The maximum absolute atomic E-state index is 6.31. The summed E-state index contributed by atoms with van der Waals surface area (Å²) < 4.78 is 5.61. The van der Waals surface area contributed by atoms with E-state index in [4.69, 9.17) is 16.0 Å². The number of aliphatic imine (C=N–C) groups is 1. The van der Waals surface area contributed by atoms with Crippen molar-refractivity contribution < 1.29 is 4.42 Å². The minimum Gasteiger partial charge on any atom is -0.444 e. The van der Waals surface area contributed by atoms with Crippen LogP contribution in [-0.4, -0.2) is 49.1 Å². The molecule has 0 saturated carbocycles. The lowest BCUT2D eigenvalue weighted by molar-refractivity contribution is 0.368. The molecule has 0 atom stereocenters. The van der Waals surface area contributed by atoms with Gasteiger partial charge in [-0.3, -0.25) is 4.99 Å². The van der Waals surface area contributed by atoms with Gasteiger partial charge in [0.05, 0.1) is 22.9 Å². The van der Waals surface area contributed by atoms with Crippen LogP contribution in [0.5, 0.6) is 0 Å². The van der Waals surface area contributed by atoms with E-state index in [1.807, 2.05) is 32.0 Å². The highest BCUT2D eigenvalue weighted by molar-refractivity contribution is 14.0. The summed E-state index contributed by atoms with van der Waals surface area (Å²) in [5.41, 5.74) is 2.03. The summed E-state index contributed by atoms with van der Waals surface area (Å²) in [6.07, 6.45) is 0. The van der Waals surface area contributed by atoms with E-state index in [9.17, 15) is 0 Å². The maximum Gasteiger partial charge on any atom is 0.214 e. The van der Waals surface area contributed by atoms with E-state index in [1.165, 1.54) is 0 Å². The molecule has 1 aromatic carbocycles. The average molecular weight is 490 g/mol. The first-order valence-electron chi connectivity index (χ1n) is 8.46. The molecule has 1 saturated heterocycles. The molecule has 0 radical (unpaired) electrons. The Balaban J connectivity index is 0.00000243. The fourth-order valence-electron chi connectivity index (χ4n) is 2.97. The number of guanidine groups is 1. The number of anilines is 1. The number of piperazine rings is 1. The van der Waals surface area contributed by atoms with Crippen LogP contribution in [0.2, 0.25) is 5.02 Å². The van der Waals surface area contributed by atoms with Crippen molar-refractivity contribution in [2.45, 2.75) is 20.4 Å². The highest BCUT2D eigenvalue weighted by atomic mass is 127. The molecule has 0 aliphatic carbocycles. The number of halogens is 2. The van der Waals surface area contributed by atoms with Crippen molar-refractivity contribution in [1.29, 1.82) is 0 Å². The number of nitrogens with one attached hydrogen (secondary N) is 1. The van der Waals surface area contributed by atoms with Gasteiger partial charge in [0.1, 0.15) is 5.76 Å². The Kier molecular flexibility index (Phi) is 7.57. The van der Waals surface area contributed by atoms with Crippen LogP contribution in [0.4, 0.5) is 5.69 Å². The molecule has 3 rings (SSSR count). The molecule has 8 heteroatoms. The van der Waals surface area contributed by atoms with Crippen LogP contribution in [0, 0.1) is 13.8 Å². The van der Waals surface area contributed by atoms with Crippen molar-refractivity contribution in [2.75, 3.05) is 38.1 Å². The third-order valence-corrected chi connectivity index (χ3v) is 4.77. The summed E-state index contributed by atoms with van der Waals surface area (Å²) in [5.74, 6) is 2.42. The topological polar surface area (TPSA) is 56.9 Å². The minimum absolute atomic E-state index is 0. The zero-order valence-corrected chi connectivity index (χ0v) is 18.4. The van der Waals surface area contributed by atoms with Gasteiger partial charge in [0.25, 0.3) is 0 Å². The van der Waals surface area contributed by atoms with Crippen molar-refractivity contribution in [1.82, 2.24) is 15.2 Å². The molecule has 2 aromatic rings. The zero-order chi connectivity index (χ0) is 17.8. The summed E-state index contributed by atoms with van der Waals surface area (Å²) in [6.45, 7) is 7.98. The van der Waals surface area contributed by atoms with Crippen LogP contribution in [0.15, 0.2) is 33.7 Å². The molecule has 1 aliphatic rings. The molecule has 1 fully saturated rings. The molecule has 0 amide bonds. The van der Waals surface area contributed by atoms with Crippen molar-refractivity contribution in [3.8, 4) is 0 Å². The van der Waals surface area contributed by atoms with Crippen LogP contribution in [0.1, 0.15) is 17.3 Å². The monoisotopic (exact) mass is 489 g/mol. The molecule has 0 unspecified atom stereocenters. The molecule has 1 aromatic heterocycles. The number of para-hydroxylation sites is 1. The van der Waals surface area contributed by atoms with Crippen LogP contribution in [-0.2, 0) is 6.54 Å². The first kappa shape index (κ1) is 20.8. The van der Waals surface area contributed by atoms with Gasteiger partial charge in [-0.25, -0.2) is 4.98 Å². The van der Waals surface area contributed by atoms with Gasteiger partial charge in [-0.2, -0.15) is 0 Å². The Hall–Kier alpha value is -1.48. The van der Waals surface area contributed by atoms with E-state index >= 15 is 0 Å². The van der Waals surface area contributed by atoms with Crippen molar-refractivity contribution in [3.05, 3.63) is 46.6 Å². The quantitative estimate of drug-likeness (QED) is 0.407. The second kappa shape index (κ2) is 9.45. The Morgan fingerprint density at radius 3 is 2.50 bits per heavy atom. The number of benzene rings is 1. The summed E-state index contributed by atoms with van der Waals surface area (Å²) >= 11 is 6.31. The van der Waals surface area contributed by atoms with E-state index in [-0.39, 0.29) is 24.0 Å². The van der Waals surface area contributed by atoms with Crippen molar-refractivity contribution in [2.24, 2.45) is 4.99 Å². The lowest BCUT2D eigenvalue weighted by atomic mass is 10.2. The van der Waals surface area contributed by atoms with E-state index in [1.54, 1.807) is 7.05 Å². The third kappa shape index (κ3) is 4.82. The summed E-state index contributed by atoms with van der Waals surface area (Å²) in [4.78, 5) is 13.3. The molecule has 6 nitrogen and oxygen atoms in total. The molecular formula is C18H25ClIN5O. The predicted octanol–water partition coefficient (Wildman–Crippen LogP) is 3.46. The van der Waals surface area contributed by atoms with Crippen LogP contribution in [0.25, 0.3) is 0 Å². The number of hydrogen-bond donors (Lipinski definition) is 1. The molecule has 1 N–H and O–H groups in total. The van der Waals surface area contributed by atoms with Gasteiger partial charge < -0.3 is 19.5 Å². The van der Waals surface area contributed by atoms with Gasteiger partial charge in [-0.05, 0) is 26.0 Å². The van der Waals surface area contributed by atoms with Gasteiger partial charge in [-0.1, -0.05) is 23.7 Å². The molecular weight excluding hydrogens is 465 g/mol. The van der Waals surface area contributed by atoms with Crippen LogP contribution < -0.4 is 10.2 Å². The van der Waals surface area contributed by atoms with Gasteiger partial charge in [0.15, 0.2) is 5.96 Å². The smallest absolute Gasteiger partial charge is 0.214 e. The van der Waals surface area contributed by atoms with E-state index in [2.05, 4.69) is 31.2 Å². The molecule has 2 heterocycles. The van der Waals surface area contributed by atoms with Crippen molar-refractivity contribution in [3.63, 3.8) is 0 Å². The minimum atomic E-state index is 0. The number of nitrogens with zero attached hydrogens (tertiary/aromatic N) is 4. The number of rotatable bonds is 3. The third-order valence-electron chi connectivity index (χ3n) is 4.45. The number of oxazole rings is 1. The Bertz CT molecular complexity index is 736. The second-order valence-electron chi connectivity index (χ2n) is 6.08. The van der Waals surface area contributed by atoms with E-state index in [0.717, 1.165) is 54.3 Å². The summed E-state index contributed by atoms with van der Waals surface area (Å²) in [6, 6.07) is 7.98. The molecule has 1 aliphatic heterocycles. The fraction of sp³-hybridized carbons (Fsp3) is 0.444. The predicted molar refractivity (Wildman–Crippen MR) is 117 cm³/mol. The van der Waals surface area contributed by atoms with Gasteiger partial charge >= 0.3 is 0 Å². The van der Waals surface area contributed by atoms with Crippen LogP contribution in [0.3, 0.4) is 0 Å². The fourth-order valence-corrected chi connectivity index (χ4v) is 3.22. The summed E-state index contributed by atoms with van der Waals surface area (Å²) in [7, 11) is 1.80. The highest BCUT2D eigenvalue weighted by Gasteiger charge is 2.21. The number of hydrogen-bond acceptors (Lipinski definition) is 4. The van der Waals surface area contributed by atoms with Gasteiger partial charge in [0.2, 0.25) is 5.89 Å². The lowest BCUT2D eigenvalue weighted by Gasteiger charge is -2.37. The highest BCUT2D eigenvalue weighted by Crippen LogP contribution is 2.26. The van der Waals surface area contributed by atoms with Gasteiger partial charge in [0, 0.05) is 33.2 Å². The zero-order valence-electron chi connectivity index (χ0n) is 15.3. The standard InChI is InChI=1S/C18H24ClN5O.HI/c1-13-14(2)25-17(22-13)12-21-18(20-3)24-10-8-23(9-11-24)16-7-5-4-6-15(16)19;/h4-7H,8-12H2,1-3H3,(H,20,21);1H. The van der Waals surface area contributed by atoms with Crippen LogP contribution >= 0.6 is 35.6 Å². The Morgan fingerprint density at radius 1 is 1.23 bits per heavy atom. The van der Waals surface area contributed by atoms with Gasteiger partial charge in [-0.15, -0.1) is 24.0 Å². The molecule has 26 heavy (non-hydrogen) atoms. The largest absolute Gasteiger partial charge is 0.444 e. The Labute approximate surface area is 176 Å². The second-order valence-corrected chi connectivity index (χ2v) is 6.48.